The van der Waals surface area contributed by atoms with Crippen LogP contribution in [0.4, 0.5) is 0 Å². The van der Waals surface area contributed by atoms with Crippen LogP contribution in [-0.2, 0) is 7.05 Å². The van der Waals surface area contributed by atoms with Crippen LogP contribution in [0.2, 0.25) is 0 Å². The molecule has 0 radical (unpaired) electrons. The maximum atomic E-state index is 5.32. The lowest BCUT2D eigenvalue weighted by molar-refractivity contribution is 0.574. The summed E-state index contributed by atoms with van der Waals surface area (Å²) in [5.74, 6) is 1.56. The van der Waals surface area contributed by atoms with E-state index in [1.54, 1.807) is 12.5 Å². The number of nitrogens with zero attached hydrogens (tertiary/aromatic N) is 3. The molecule has 4 heteroatoms. The first kappa shape index (κ1) is 8.23. The monoisotopic (exact) mass is 199 g/mol. The van der Waals surface area contributed by atoms with Gasteiger partial charge in [-0.3, -0.25) is 0 Å². The van der Waals surface area contributed by atoms with E-state index in [-0.39, 0.29) is 0 Å². The predicted molar refractivity (Wildman–Crippen MR) is 56.2 cm³/mol. The van der Waals surface area contributed by atoms with Gasteiger partial charge in [0.15, 0.2) is 17.2 Å². The van der Waals surface area contributed by atoms with Crippen LogP contribution in [-0.4, -0.2) is 14.5 Å². The van der Waals surface area contributed by atoms with Crippen LogP contribution in [0, 0.1) is 0 Å². The lowest BCUT2D eigenvalue weighted by atomic mass is 10.4. The Labute approximate surface area is 86.2 Å². The fraction of sp³-hybridized carbons (Fsp3) is 0.0909. The number of hydrogen-bond donors (Lipinski definition) is 0. The summed E-state index contributed by atoms with van der Waals surface area (Å²) < 4.78 is 7.24. The van der Waals surface area contributed by atoms with Gasteiger partial charge in [-0.25, -0.2) is 9.97 Å². The maximum absolute atomic E-state index is 5.32. The maximum Gasteiger partial charge on any atom is 0.178 e. The van der Waals surface area contributed by atoms with Crippen LogP contribution in [0.1, 0.15) is 0 Å². The van der Waals surface area contributed by atoms with E-state index in [9.17, 15) is 0 Å². The minimum absolute atomic E-state index is 0.760. The molecule has 0 fully saturated rings. The van der Waals surface area contributed by atoms with Crippen molar-refractivity contribution in [1.29, 1.82) is 0 Å². The third kappa shape index (κ3) is 1.15. The van der Waals surface area contributed by atoms with Crippen LogP contribution < -0.4 is 0 Å². The second-order valence-electron chi connectivity index (χ2n) is 3.32. The molecule has 4 nitrogen and oxygen atoms in total. The zero-order valence-corrected chi connectivity index (χ0v) is 8.21. The highest BCUT2D eigenvalue weighted by Crippen LogP contribution is 2.22. The van der Waals surface area contributed by atoms with E-state index >= 15 is 0 Å². The quantitative estimate of drug-likeness (QED) is 0.603. The lowest BCUT2D eigenvalue weighted by Crippen LogP contribution is -1.92. The number of fused-ring (bicyclic) bond motifs is 1. The van der Waals surface area contributed by atoms with Crippen molar-refractivity contribution < 1.29 is 4.42 Å². The zero-order valence-electron chi connectivity index (χ0n) is 8.21. The first-order valence-electron chi connectivity index (χ1n) is 4.67. The molecule has 0 aromatic carbocycles. The summed E-state index contributed by atoms with van der Waals surface area (Å²) in [4.78, 5) is 8.73. The Bertz CT molecular complexity index is 595. The molecule has 0 unspecified atom stereocenters. The Morgan fingerprint density at radius 1 is 1.27 bits per heavy atom. The molecule has 0 bridgehead atoms. The van der Waals surface area contributed by atoms with Gasteiger partial charge in [0, 0.05) is 13.2 Å². The van der Waals surface area contributed by atoms with E-state index in [1.165, 1.54) is 0 Å². The highest BCUT2D eigenvalue weighted by Gasteiger charge is 2.11. The van der Waals surface area contributed by atoms with Crippen molar-refractivity contribution in [1.82, 2.24) is 14.5 Å². The lowest BCUT2D eigenvalue weighted by Gasteiger charge is -1.96. The first-order chi connectivity index (χ1) is 7.36. The number of hydrogen-bond acceptors (Lipinski definition) is 3. The average molecular weight is 199 g/mol. The Kier molecular flexibility index (Phi) is 1.62. The second-order valence-corrected chi connectivity index (χ2v) is 3.32. The van der Waals surface area contributed by atoms with Gasteiger partial charge in [-0.1, -0.05) is 0 Å². The molecule has 0 aliphatic rings. The molecule has 0 aliphatic carbocycles. The van der Waals surface area contributed by atoms with E-state index in [1.807, 2.05) is 35.9 Å². The third-order valence-electron chi connectivity index (χ3n) is 2.37. The standard InChI is InChI=1S/C11H9N3O/c1-14-10-8(4-2-6-12-10)13-11(14)9-5-3-7-15-9/h2-7H,1H3. The number of aromatic nitrogens is 3. The molecule has 3 aromatic heterocycles. The molecule has 0 N–H and O–H groups in total. The largest absolute Gasteiger partial charge is 0.461 e. The van der Waals surface area contributed by atoms with Crippen LogP contribution in [0.3, 0.4) is 0 Å². The van der Waals surface area contributed by atoms with E-state index < -0.39 is 0 Å². The normalized spacial score (nSPS) is 11.0. The minimum Gasteiger partial charge on any atom is -0.461 e. The van der Waals surface area contributed by atoms with E-state index in [0.717, 1.165) is 22.7 Å². The van der Waals surface area contributed by atoms with Crippen molar-refractivity contribution >= 4 is 11.2 Å². The van der Waals surface area contributed by atoms with Crippen LogP contribution in [0.25, 0.3) is 22.7 Å². The number of rotatable bonds is 1. The highest BCUT2D eigenvalue weighted by atomic mass is 16.3. The van der Waals surface area contributed by atoms with Gasteiger partial charge in [-0.15, -0.1) is 0 Å². The Morgan fingerprint density at radius 3 is 2.93 bits per heavy atom. The van der Waals surface area contributed by atoms with Gasteiger partial charge in [0.2, 0.25) is 0 Å². The molecule has 0 saturated carbocycles. The van der Waals surface area contributed by atoms with E-state index in [0.29, 0.717) is 0 Å². The van der Waals surface area contributed by atoms with Crippen molar-refractivity contribution in [3.63, 3.8) is 0 Å². The van der Waals surface area contributed by atoms with Crippen LogP contribution in [0.5, 0.6) is 0 Å². The van der Waals surface area contributed by atoms with Gasteiger partial charge in [-0.05, 0) is 24.3 Å². The van der Waals surface area contributed by atoms with E-state index in [4.69, 9.17) is 4.42 Å². The van der Waals surface area contributed by atoms with Gasteiger partial charge in [-0.2, -0.15) is 0 Å². The molecule has 0 saturated heterocycles. The SMILES string of the molecule is Cn1c(-c2ccco2)nc2cccnc21. The number of imidazole rings is 1. The minimum atomic E-state index is 0.760. The molecule has 3 aromatic rings. The summed E-state index contributed by atoms with van der Waals surface area (Å²) >= 11 is 0. The summed E-state index contributed by atoms with van der Waals surface area (Å²) in [6.45, 7) is 0. The molecule has 74 valence electrons. The fourth-order valence-electron chi connectivity index (χ4n) is 1.65. The van der Waals surface area contributed by atoms with Gasteiger partial charge in [0.1, 0.15) is 5.52 Å². The average Bonchev–Trinajstić information content (AvgIpc) is 2.87. The van der Waals surface area contributed by atoms with Crippen molar-refractivity contribution in [2.24, 2.45) is 7.05 Å². The Hall–Kier alpha value is -2.10. The summed E-state index contributed by atoms with van der Waals surface area (Å²) in [7, 11) is 1.93. The van der Waals surface area contributed by atoms with Crippen molar-refractivity contribution in [3.05, 3.63) is 36.7 Å². The van der Waals surface area contributed by atoms with E-state index in [2.05, 4.69) is 9.97 Å². The van der Waals surface area contributed by atoms with Crippen molar-refractivity contribution in [3.8, 4) is 11.6 Å². The summed E-state index contributed by atoms with van der Waals surface area (Å²) in [6.07, 6.45) is 3.40. The predicted octanol–water partition coefficient (Wildman–Crippen LogP) is 2.23. The molecular weight excluding hydrogens is 190 g/mol. The topological polar surface area (TPSA) is 43.9 Å². The molecule has 3 rings (SSSR count). The summed E-state index contributed by atoms with van der Waals surface area (Å²) in [6, 6.07) is 7.55. The smallest absolute Gasteiger partial charge is 0.178 e. The van der Waals surface area contributed by atoms with Crippen LogP contribution in [0.15, 0.2) is 41.1 Å². The number of aryl methyl sites for hydroxylation is 1. The van der Waals surface area contributed by atoms with Crippen molar-refractivity contribution in [2.45, 2.75) is 0 Å². The van der Waals surface area contributed by atoms with Crippen molar-refractivity contribution in [2.75, 3.05) is 0 Å². The molecule has 15 heavy (non-hydrogen) atoms. The van der Waals surface area contributed by atoms with Gasteiger partial charge < -0.3 is 8.98 Å². The van der Waals surface area contributed by atoms with Crippen LogP contribution >= 0.6 is 0 Å². The molecular formula is C11H9N3O. The highest BCUT2D eigenvalue weighted by molar-refractivity contribution is 5.75. The third-order valence-corrected chi connectivity index (χ3v) is 2.37. The van der Waals surface area contributed by atoms with Gasteiger partial charge in [0.05, 0.1) is 6.26 Å². The molecule has 0 atom stereocenters. The number of pyridine rings is 1. The van der Waals surface area contributed by atoms with Gasteiger partial charge >= 0.3 is 0 Å². The fourth-order valence-corrected chi connectivity index (χ4v) is 1.65. The second kappa shape index (κ2) is 2.95. The molecule has 0 amide bonds. The Morgan fingerprint density at radius 2 is 2.20 bits per heavy atom. The number of furan rings is 1. The van der Waals surface area contributed by atoms with Gasteiger partial charge in [0.25, 0.3) is 0 Å². The molecule has 3 heterocycles. The zero-order chi connectivity index (χ0) is 10.3. The summed E-state index contributed by atoms with van der Waals surface area (Å²) in [5, 5.41) is 0. The Balaban J connectivity index is 2.33. The summed E-state index contributed by atoms with van der Waals surface area (Å²) in [5.41, 5.74) is 1.75. The first-order valence-corrected chi connectivity index (χ1v) is 4.67. The molecule has 0 aliphatic heterocycles. The molecule has 0 spiro atoms.